The molecule has 1 aromatic rings. The van der Waals surface area contributed by atoms with E-state index >= 15 is 0 Å². The molecule has 1 aromatic heterocycles. The molecule has 1 aliphatic heterocycles. The lowest BCUT2D eigenvalue weighted by atomic mass is 9.94. The summed E-state index contributed by atoms with van der Waals surface area (Å²) in [7, 11) is 1.24. The van der Waals surface area contributed by atoms with Crippen molar-refractivity contribution < 1.29 is 23.9 Å². The number of nitrogens with one attached hydrogen (secondary N) is 1. The number of hydrogen-bond donors (Lipinski definition) is 1. The van der Waals surface area contributed by atoms with Gasteiger partial charge < -0.3 is 14.8 Å². The molecule has 1 atom stereocenters. The molecule has 0 fully saturated rings. The van der Waals surface area contributed by atoms with Crippen LogP contribution in [0.4, 0.5) is 5.82 Å². The minimum atomic E-state index is -0.894. The van der Waals surface area contributed by atoms with Crippen molar-refractivity contribution >= 4 is 29.7 Å². The number of carbonyl (C=O) groups is 3. The van der Waals surface area contributed by atoms with Crippen LogP contribution in [-0.2, 0) is 30.3 Å². The van der Waals surface area contributed by atoms with E-state index in [9.17, 15) is 14.4 Å². The molecule has 0 saturated carbocycles. The van der Waals surface area contributed by atoms with Crippen molar-refractivity contribution in [2.24, 2.45) is 5.92 Å². The normalized spacial score (nSPS) is 17.2. The summed E-state index contributed by atoms with van der Waals surface area (Å²) in [5, 5.41) is 2.58. The lowest BCUT2D eigenvalue weighted by Crippen LogP contribution is -2.36. The lowest BCUT2D eigenvalue weighted by Gasteiger charge is -2.22. The Bertz CT molecular complexity index is 703. The maximum Gasteiger partial charge on any atom is 0.331 e. The van der Waals surface area contributed by atoms with Crippen molar-refractivity contribution in [1.29, 1.82) is 0 Å². The second-order valence-electron chi connectivity index (χ2n) is 6.41. The van der Waals surface area contributed by atoms with Gasteiger partial charge in [-0.05, 0) is 50.5 Å². The van der Waals surface area contributed by atoms with Crippen LogP contribution in [-0.4, -0.2) is 35.5 Å². The Morgan fingerprint density at radius 2 is 2.08 bits per heavy atom. The number of methoxy groups -OCH3 is 1. The number of pyridine rings is 1. The lowest BCUT2D eigenvalue weighted by molar-refractivity contribution is -0.149. The van der Waals surface area contributed by atoms with Crippen molar-refractivity contribution in [1.82, 2.24) is 4.98 Å². The first-order valence-electron chi connectivity index (χ1n) is 7.48. The van der Waals surface area contributed by atoms with E-state index in [1.807, 2.05) is 0 Å². The van der Waals surface area contributed by atoms with E-state index < -0.39 is 29.4 Å². The van der Waals surface area contributed by atoms with Gasteiger partial charge in [0.1, 0.15) is 17.3 Å². The van der Waals surface area contributed by atoms with Crippen molar-refractivity contribution in [3.05, 3.63) is 29.5 Å². The second kappa shape index (κ2) is 6.82. The van der Waals surface area contributed by atoms with Gasteiger partial charge >= 0.3 is 11.9 Å². The summed E-state index contributed by atoms with van der Waals surface area (Å²) in [6.45, 7) is 5.36. The van der Waals surface area contributed by atoms with Crippen molar-refractivity contribution in [2.45, 2.75) is 32.8 Å². The molecule has 7 nitrogen and oxygen atoms in total. The molecule has 2 heterocycles. The smallest absolute Gasteiger partial charge is 0.331 e. The maximum absolute atomic E-state index is 11.9. The Hall–Kier alpha value is -2.70. The number of rotatable bonds is 3. The molecule has 0 aromatic carbocycles. The monoisotopic (exact) mass is 332 g/mol. The third-order valence-corrected chi connectivity index (χ3v) is 3.27. The van der Waals surface area contributed by atoms with E-state index in [0.717, 1.165) is 0 Å². The summed E-state index contributed by atoms with van der Waals surface area (Å²) < 4.78 is 9.82. The Morgan fingerprint density at radius 3 is 2.71 bits per heavy atom. The summed E-state index contributed by atoms with van der Waals surface area (Å²) in [4.78, 5) is 39.4. The number of aromatic nitrogens is 1. The third kappa shape index (κ3) is 4.41. The SMILES string of the molecule is COC(=O)C1Cc2cc(C=CC(=O)OC(C)(C)C)cnc2NC1=O. The van der Waals surface area contributed by atoms with Crippen LogP contribution in [0.5, 0.6) is 0 Å². The van der Waals surface area contributed by atoms with Crippen molar-refractivity contribution in [3.8, 4) is 0 Å². The molecule has 1 amide bonds. The molecular weight excluding hydrogens is 312 g/mol. The van der Waals surface area contributed by atoms with Gasteiger partial charge in [-0.1, -0.05) is 0 Å². The number of hydrogen-bond acceptors (Lipinski definition) is 6. The topological polar surface area (TPSA) is 94.6 Å². The van der Waals surface area contributed by atoms with Crippen LogP contribution in [0.25, 0.3) is 6.08 Å². The zero-order chi connectivity index (χ0) is 17.9. The van der Waals surface area contributed by atoms with E-state index in [1.165, 1.54) is 19.4 Å². The minimum Gasteiger partial charge on any atom is -0.468 e. The van der Waals surface area contributed by atoms with Crippen molar-refractivity contribution in [3.63, 3.8) is 0 Å². The number of fused-ring (bicyclic) bond motifs is 1. The molecule has 1 unspecified atom stereocenters. The molecule has 0 bridgehead atoms. The van der Waals surface area contributed by atoms with Crippen LogP contribution in [0.3, 0.4) is 0 Å². The molecule has 0 radical (unpaired) electrons. The molecule has 0 spiro atoms. The van der Waals surface area contributed by atoms with Crippen molar-refractivity contribution in [2.75, 3.05) is 12.4 Å². The van der Waals surface area contributed by atoms with Gasteiger partial charge in [0.15, 0.2) is 0 Å². The van der Waals surface area contributed by atoms with Gasteiger partial charge in [0.05, 0.1) is 7.11 Å². The highest BCUT2D eigenvalue weighted by Crippen LogP contribution is 2.25. The number of nitrogens with zero attached hydrogens (tertiary/aromatic N) is 1. The number of carbonyl (C=O) groups excluding carboxylic acids is 3. The summed E-state index contributed by atoms with van der Waals surface area (Å²) in [5.41, 5.74) is 0.809. The van der Waals surface area contributed by atoms with Gasteiger partial charge in [0, 0.05) is 12.3 Å². The average Bonchev–Trinajstić information content (AvgIpc) is 2.50. The fraction of sp³-hybridized carbons (Fsp3) is 0.412. The molecule has 24 heavy (non-hydrogen) atoms. The molecule has 2 rings (SSSR count). The van der Waals surface area contributed by atoms with Crippen LogP contribution < -0.4 is 5.32 Å². The van der Waals surface area contributed by atoms with Gasteiger partial charge in [0.25, 0.3) is 0 Å². The zero-order valence-electron chi connectivity index (χ0n) is 14.1. The molecule has 7 heteroatoms. The first-order chi connectivity index (χ1) is 11.2. The van der Waals surface area contributed by atoms with Gasteiger partial charge in [-0.25, -0.2) is 9.78 Å². The Balaban J connectivity index is 2.15. The standard InChI is InChI=1S/C17H20N2O5/c1-17(2,3)24-13(20)6-5-10-7-11-8-12(16(22)23-4)15(21)19-14(11)18-9-10/h5-7,9,12H,8H2,1-4H3,(H,18,19,21). The summed E-state index contributed by atoms with van der Waals surface area (Å²) >= 11 is 0. The van der Waals surface area contributed by atoms with Crippen LogP contribution >= 0.6 is 0 Å². The van der Waals surface area contributed by atoms with Crippen LogP contribution in [0.2, 0.25) is 0 Å². The summed E-state index contributed by atoms with van der Waals surface area (Å²) in [6, 6.07) is 1.76. The minimum absolute atomic E-state index is 0.203. The first kappa shape index (κ1) is 17.7. The fourth-order valence-electron chi connectivity index (χ4n) is 2.24. The highest BCUT2D eigenvalue weighted by molar-refractivity contribution is 6.06. The average molecular weight is 332 g/mol. The molecule has 0 aliphatic carbocycles. The predicted octanol–water partition coefficient (Wildman–Crippen LogP) is 1.72. The fourth-order valence-corrected chi connectivity index (χ4v) is 2.24. The van der Waals surface area contributed by atoms with E-state index in [-0.39, 0.29) is 6.42 Å². The molecule has 0 saturated heterocycles. The maximum atomic E-state index is 11.9. The highest BCUT2D eigenvalue weighted by atomic mass is 16.6. The first-order valence-corrected chi connectivity index (χ1v) is 7.48. The molecule has 1 aliphatic rings. The van der Waals surface area contributed by atoms with Gasteiger partial charge in [-0.15, -0.1) is 0 Å². The summed E-state index contributed by atoms with van der Waals surface area (Å²) in [5.74, 6) is -1.96. The van der Waals surface area contributed by atoms with Crippen LogP contribution in [0.15, 0.2) is 18.3 Å². The molecular formula is C17H20N2O5. The van der Waals surface area contributed by atoms with E-state index in [0.29, 0.717) is 16.9 Å². The van der Waals surface area contributed by atoms with Crippen LogP contribution in [0, 0.1) is 5.92 Å². The number of ether oxygens (including phenoxy) is 2. The number of amides is 1. The number of esters is 2. The van der Waals surface area contributed by atoms with Gasteiger partial charge in [-0.3, -0.25) is 9.59 Å². The quantitative estimate of drug-likeness (QED) is 0.514. The van der Waals surface area contributed by atoms with E-state index in [2.05, 4.69) is 15.0 Å². The third-order valence-electron chi connectivity index (χ3n) is 3.27. The predicted molar refractivity (Wildman–Crippen MR) is 87.0 cm³/mol. The van der Waals surface area contributed by atoms with Gasteiger partial charge in [-0.2, -0.15) is 0 Å². The largest absolute Gasteiger partial charge is 0.468 e. The zero-order valence-corrected chi connectivity index (χ0v) is 14.1. The van der Waals surface area contributed by atoms with E-state index in [4.69, 9.17) is 4.74 Å². The molecule has 1 N–H and O–H groups in total. The Labute approximate surface area is 140 Å². The van der Waals surface area contributed by atoms with Gasteiger partial charge in [0.2, 0.25) is 5.91 Å². The Kier molecular flexibility index (Phi) is 5.02. The number of anilines is 1. The Morgan fingerprint density at radius 1 is 1.38 bits per heavy atom. The highest BCUT2D eigenvalue weighted by Gasteiger charge is 2.33. The van der Waals surface area contributed by atoms with Crippen LogP contribution in [0.1, 0.15) is 31.9 Å². The summed E-state index contributed by atoms with van der Waals surface area (Å²) in [6.07, 6.45) is 4.62. The van der Waals surface area contributed by atoms with E-state index in [1.54, 1.807) is 32.9 Å². The second-order valence-corrected chi connectivity index (χ2v) is 6.41. The molecule has 128 valence electrons.